The molecule has 27 heavy (non-hydrogen) atoms. The summed E-state index contributed by atoms with van der Waals surface area (Å²) >= 11 is 0. The first-order valence-corrected chi connectivity index (χ1v) is 9.53. The maximum absolute atomic E-state index is 10.5. The quantitative estimate of drug-likeness (QED) is 0.753. The monoisotopic (exact) mass is 364 g/mol. The fourth-order valence-corrected chi connectivity index (χ4v) is 3.66. The van der Waals surface area contributed by atoms with Gasteiger partial charge in [0, 0.05) is 6.54 Å². The summed E-state index contributed by atoms with van der Waals surface area (Å²) in [5.74, 6) is 1.72. The van der Waals surface area contributed by atoms with Crippen LogP contribution in [-0.4, -0.2) is 29.8 Å². The Morgan fingerprint density at radius 2 is 2.19 bits per heavy atom. The molecule has 1 aromatic heterocycles. The van der Waals surface area contributed by atoms with Crippen LogP contribution in [0.5, 0.6) is 11.5 Å². The number of pyridine rings is 1. The van der Waals surface area contributed by atoms with Crippen LogP contribution in [0.15, 0.2) is 24.3 Å². The second kappa shape index (κ2) is 7.45. The molecule has 1 aliphatic carbocycles. The number of rotatable bonds is 5. The van der Waals surface area contributed by atoms with Crippen molar-refractivity contribution in [2.75, 3.05) is 25.4 Å². The lowest BCUT2D eigenvalue weighted by molar-refractivity contribution is 0.299. The molecule has 140 valence electrons. The Bertz CT molecular complexity index is 880. The number of nitrogens with two attached hydrogens (primary N) is 1. The third-order valence-corrected chi connectivity index (χ3v) is 5.36. The summed E-state index contributed by atoms with van der Waals surface area (Å²) in [5, 5.41) is 23.5. The van der Waals surface area contributed by atoms with Crippen LogP contribution < -0.4 is 15.8 Å². The van der Waals surface area contributed by atoms with Crippen molar-refractivity contribution in [1.29, 1.82) is 5.26 Å². The van der Waals surface area contributed by atoms with Crippen LogP contribution in [0.1, 0.15) is 42.7 Å². The molecular weight excluding hydrogens is 340 g/mol. The molecule has 1 unspecified atom stereocenters. The SMILES string of the molecule is N#Cc1c(C2CCCNC2)cc(-c2c(O)cccc2OCC2CC2)nc1N. The molecule has 2 aliphatic rings. The highest BCUT2D eigenvalue weighted by molar-refractivity contribution is 5.76. The number of nitrogens with one attached hydrogen (secondary N) is 1. The van der Waals surface area contributed by atoms with E-state index in [1.54, 1.807) is 12.1 Å². The molecule has 6 heteroatoms. The number of ether oxygens (including phenoxy) is 1. The Morgan fingerprint density at radius 3 is 2.89 bits per heavy atom. The molecule has 2 heterocycles. The van der Waals surface area contributed by atoms with Gasteiger partial charge >= 0.3 is 0 Å². The lowest BCUT2D eigenvalue weighted by atomic mass is 9.88. The van der Waals surface area contributed by atoms with Gasteiger partial charge in [-0.2, -0.15) is 5.26 Å². The predicted molar refractivity (Wildman–Crippen MR) is 104 cm³/mol. The molecule has 1 saturated heterocycles. The molecule has 0 amide bonds. The van der Waals surface area contributed by atoms with E-state index in [-0.39, 0.29) is 17.5 Å². The molecule has 1 aromatic carbocycles. The maximum Gasteiger partial charge on any atom is 0.142 e. The van der Waals surface area contributed by atoms with Crippen LogP contribution in [0.3, 0.4) is 0 Å². The summed E-state index contributed by atoms with van der Waals surface area (Å²) in [6.45, 7) is 2.44. The smallest absolute Gasteiger partial charge is 0.142 e. The zero-order valence-corrected chi connectivity index (χ0v) is 15.2. The lowest BCUT2D eigenvalue weighted by Crippen LogP contribution is -2.29. The number of aromatic hydroxyl groups is 1. The van der Waals surface area contributed by atoms with Gasteiger partial charge in [-0.1, -0.05) is 6.07 Å². The standard InChI is InChI=1S/C21H24N4O2/c22-10-16-15(14-3-2-8-24-11-14)9-17(25-21(16)23)20-18(26)4-1-5-19(20)27-12-13-6-7-13/h1,4-5,9,13-14,24,26H,2-3,6-8,11-12H2,(H2,23,25). The number of phenols is 1. The number of phenolic OH excluding ortho intramolecular Hbond substituents is 1. The Kier molecular flexibility index (Phi) is 4.87. The molecule has 4 rings (SSSR count). The second-order valence-electron chi connectivity index (χ2n) is 7.42. The highest BCUT2D eigenvalue weighted by atomic mass is 16.5. The van der Waals surface area contributed by atoms with Gasteiger partial charge in [0.2, 0.25) is 0 Å². The van der Waals surface area contributed by atoms with E-state index < -0.39 is 0 Å². The van der Waals surface area contributed by atoms with Crippen LogP contribution in [0.4, 0.5) is 5.82 Å². The first-order valence-electron chi connectivity index (χ1n) is 9.53. The molecule has 2 aromatic rings. The van der Waals surface area contributed by atoms with Crippen LogP contribution in [0.2, 0.25) is 0 Å². The molecule has 0 spiro atoms. The normalized spacial score (nSPS) is 19.4. The Labute approximate surface area is 159 Å². The van der Waals surface area contributed by atoms with Gasteiger partial charge in [0.1, 0.15) is 23.4 Å². The fraction of sp³-hybridized carbons (Fsp3) is 0.429. The number of nitrogen functional groups attached to an aromatic ring is 1. The van der Waals surface area contributed by atoms with Crippen LogP contribution in [0.25, 0.3) is 11.3 Å². The van der Waals surface area contributed by atoms with Gasteiger partial charge in [-0.3, -0.25) is 0 Å². The van der Waals surface area contributed by atoms with E-state index in [0.29, 0.717) is 35.1 Å². The van der Waals surface area contributed by atoms with E-state index in [0.717, 1.165) is 31.5 Å². The Hall–Kier alpha value is -2.78. The average molecular weight is 364 g/mol. The molecule has 2 fully saturated rings. The number of nitrogens with zero attached hydrogens (tertiary/aromatic N) is 2. The summed E-state index contributed by atoms with van der Waals surface area (Å²) in [6.07, 6.45) is 4.43. The van der Waals surface area contributed by atoms with Gasteiger partial charge < -0.3 is 20.9 Å². The van der Waals surface area contributed by atoms with E-state index in [9.17, 15) is 10.4 Å². The van der Waals surface area contributed by atoms with Gasteiger partial charge in [0.05, 0.1) is 23.4 Å². The molecule has 0 radical (unpaired) electrons. The Balaban J connectivity index is 1.77. The van der Waals surface area contributed by atoms with Gasteiger partial charge in [-0.05, 0) is 67.8 Å². The van der Waals surface area contributed by atoms with Crippen molar-refractivity contribution in [2.45, 2.75) is 31.6 Å². The summed E-state index contributed by atoms with van der Waals surface area (Å²) in [4.78, 5) is 4.43. The predicted octanol–water partition coefficient (Wildman–Crippen LogP) is 3.16. The van der Waals surface area contributed by atoms with E-state index in [1.807, 2.05) is 12.1 Å². The van der Waals surface area contributed by atoms with Crippen molar-refractivity contribution in [1.82, 2.24) is 10.3 Å². The molecule has 6 nitrogen and oxygen atoms in total. The largest absolute Gasteiger partial charge is 0.507 e. The average Bonchev–Trinajstić information content (AvgIpc) is 3.51. The van der Waals surface area contributed by atoms with Crippen LogP contribution in [-0.2, 0) is 0 Å². The van der Waals surface area contributed by atoms with Crippen molar-refractivity contribution < 1.29 is 9.84 Å². The van der Waals surface area contributed by atoms with Crippen molar-refractivity contribution in [3.8, 4) is 28.8 Å². The van der Waals surface area contributed by atoms with Crippen molar-refractivity contribution in [3.63, 3.8) is 0 Å². The first-order chi connectivity index (χ1) is 13.2. The number of hydrogen-bond acceptors (Lipinski definition) is 6. The zero-order chi connectivity index (χ0) is 18.8. The minimum Gasteiger partial charge on any atom is -0.507 e. The number of piperidine rings is 1. The highest BCUT2D eigenvalue weighted by Crippen LogP contribution is 2.41. The number of anilines is 1. The first kappa shape index (κ1) is 17.6. The maximum atomic E-state index is 10.5. The summed E-state index contributed by atoms with van der Waals surface area (Å²) in [7, 11) is 0. The zero-order valence-electron chi connectivity index (χ0n) is 15.2. The topological polar surface area (TPSA) is 104 Å². The van der Waals surface area contributed by atoms with Crippen molar-refractivity contribution in [2.24, 2.45) is 5.92 Å². The minimum atomic E-state index is 0.104. The van der Waals surface area contributed by atoms with Gasteiger partial charge in [-0.15, -0.1) is 0 Å². The minimum absolute atomic E-state index is 0.104. The number of nitriles is 1. The molecule has 4 N–H and O–H groups in total. The third-order valence-electron chi connectivity index (χ3n) is 5.36. The molecule has 1 atom stereocenters. The summed E-state index contributed by atoms with van der Waals surface area (Å²) in [5.41, 5.74) is 8.55. The summed E-state index contributed by atoms with van der Waals surface area (Å²) < 4.78 is 5.96. The third kappa shape index (κ3) is 3.69. The molecule has 1 saturated carbocycles. The second-order valence-corrected chi connectivity index (χ2v) is 7.42. The van der Waals surface area contributed by atoms with Crippen LogP contribution in [0, 0.1) is 17.2 Å². The van der Waals surface area contributed by atoms with E-state index in [2.05, 4.69) is 16.4 Å². The van der Waals surface area contributed by atoms with Gasteiger partial charge in [0.25, 0.3) is 0 Å². The van der Waals surface area contributed by atoms with E-state index >= 15 is 0 Å². The van der Waals surface area contributed by atoms with Crippen LogP contribution >= 0.6 is 0 Å². The summed E-state index contributed by atoms with van der Waals surface area (Å²) in [6, 6.07) is 9.33. The molecule has 1 aliphatic heterocycles. The Morgan fingerprint density at radius 1 is 1.33 bits per heavy atom. The lowest BCUT2D eigenvalue weighted by Gasteiger charge is -2.25. The number of benzene rings is 1. The molecular formula is C21H24N4O2. The number of hydrogen-bond donors (Lipinski definition) is 3. The number of aromatic nitrogens is 1. The van der Waals surface area contributed by atoms with E-state index in [4.69, 9.17) is 10.5 Å². The van der Waals surface area contributed by atoms with Crippen molar-refractivity contribution >= 4 is 5.82 Å². The van der Waals surface area contributed by atoms with E-state index in [1.165, 1.54) is 12.8 Å². The van der Waals surface area contributed by atoms with Gasteiger partial charge in [-0.25, -0.2) is 4.98 Å². The highest BCUT2D eigenvalue weighted by Gasteiger charge is 2.25. The fourth-order valence-electron chi connectivity index (χ4n) is 3.66. The molecule has 0 bridgehead atoms. The van der Waals surface area contributed by atoms with Crippen molar-refractivity contribution in [3.05, 3.63) is 35.4 Å². The van der Waals surface area contributed by atoms with Gasteiger partial charge in [0.15, 0.2) is 0 Å².